The predicted octanol–water partition coefficient (Wildman–Crippen LogP) is 3.50. The molecule has 3 atom stereocenters. The SMILES string of the molecule is CC(O)c1ccc(-c2nn(C3CC3c3ccc(-c4[nH]ncc4CN(C)CCN)cc3)cc2CN(C)CCN)cc1. The Morgan fingerprint density at radius 1 is 0.950 bits per heavy atom. The molecule has 40 heavy (non-hydrogen) atoms. The van der Waals surface area contributed by atoms with E-state index in [1.165, 1.54) is 16.7 Å². The molecular weight excluding hydrogens is 500 g/mol. The number of aromatic nitrogens is 4. The average molecular weight is 543 g/mol. The van der Waals surface area contributed by atoms with E-state index in [2.05, 4.69) is 81.4 Å². The van der Waals surface area contributed by atoms with E-state index >= 15 is 0 Å². The zero-order valence-electron chi connectivity index (χ0n) is 23.8. The lowest BCUT2D eigenvalue weighted by Crippen LogP contribution is -2.25. The summed E-state index contributed by atoms with van der Waals surface area (Å²) in [6.45, 7) is 6.30. The van der Waals surface area contributed by atoms with E-state index < -0.39 is 6.10 Å². The molecule has 0 aliphatic heterocycles. The lowest BCUT2D eigenvalue weighted by Gasteiger charge is -2.15. The molecular formula is C31H42N8O. The molecule has 0 amide bonds. The van der Waals surface area contributed by atoms with Crippen LogP contribution in [0.2, 0.25) is 0 Å². The van der Waals surface area contributed by atoms with Crippen LogP contribution in [0.25, 0.3) is 22.5 Å². The highest BCUT2D eigenvalue weighted by Crippen LogP contribution is 2.51. The van der Waals surface area contributed by atoms with Crippen LogP contribution >= 0.6 is 0 Å². The Morgan fingerprint density at radius 3 is 2.20 bits per heavy atom. The second-order valence-corrected chi connectivity index (χ2v) is 11.1. The van der Waals surface area contributed by atoms with E-state index in [1.54, 1.807) is 6.92 Å². The molecule has 2 aromatic heterocycles. The van der Waals surface area contributed by atoms with Crippen molar-refractivity contribution in [1.29, 1.82) is 0 Å². The summed E-state index contributed by atoms with van der Waals surface area (Å²) in [5, 5.41) is 22.5. The zero-order valence-corrected chi connectivity index (χ0v) is 23.8. The first-order valence-electron chi connectivity index (χ1n) is 14.1. The minimum absolute atomic E-state index is 0.336. The molecule has 1 aliphatic rings. The number of aliphatic hydroxyl groups excluding tert-OH is 1. The Kier molecular flexibility index (Phi) is 8.78. The van der Waals surface area contributed by atoms with E-state index in [-0.39, 0.29) is 0 Å². The fourth-order valence-electron chi connectivity index (χ4n) is 5.47. The number of benzene rings is 2. The van der Waals surface area contributed by atoms with Crippen LogP contribution in [0, 0.1) is 0 Å². The Labute approximate surface area is 236 Å². The summed E-state index contributed by atoms with van der Waals surface area (Å²) in [5.74, 6) is 0.436. The molecule has 212 valence electrons. The van der Waals surface area contributed by atoms with Gasteiger partial charge in [0.25, 0.3) is 0 Å². The lowest BCUT2D eigenvalue weighted by molar-refractivity contribution is 0.199. The molecule has 0 saturated heterocycles. The van der Waals surface area contributed by atoms with Crippen molar-refractivity contribution in [3.63, 3.8) is 0 Å². The van der Waals surface area contributed by atoms with E-state index in [4.69, 9.17) is 16.6 Å². The molecule has 3 unspecified atom stereocenters. The molecule has 4 aromatic rings. The summed E-state index contributed by atoms with van der Waals surface area (Å²) in [6.07, 6.45) is 4.69. The van der Waals surface area contributed by atoms with Crippen molar-refractivity contribution in [3.8, 4) is 22.5 Å². The van der Waals surface area contributed by atoms with Gasteiger partial charge in [0.15, 0.2) is 0 Å². The van der Waals surface area contributed by atoms with Crippen LogP contribution < -0.4 is 11.5 Å². The first-order valence-corrected chi connectivity index (χ1v) is 14.1. The monoisotopic (exact) mass is 542 g/mol. The summed E-state index contributed by atoms with van der Waals surface area (Å²) < 4.78 is 2.16. The molecule has 2 aromatic carbocycles. The van der Waals surface area contributed by atoms with Crippen molar-refractivity contribution in [1.82, 2.24) is 29.8 Å². The van der Waals surface area contributed by atoms with Gasteiger partial charge < -0.3 is 26.4 Å². The van der Waals surface area contributed by atoms with E-state index in [0.29, 0.717) is 25.0 Å². The Balaban J connectivity index is 1.33. The zero-order chi connectivity index (χ0) is 28.2. The lowest BCUT2D eigenvalue weighted by atomic mass is 10.0. The van der Waals surface area contributed by atoms with Gasteiger partial charge in [-0.15, -0.1) is 0 Å². The fraction of sp³-hybridized carbons (Fsp3) is 0.419. The number of aromatic amines is 1. The van der Waals surface area contributed by atoms with Crippen molar-refractivity contribution >= 4 is 0 Å². The third-order valence-electron chi connectivity index (χ3n) is 7.82. The van der Waals surface area contributed by atoms with Gasteiger partial charge in [-0.3, -0.25) is 9.78 Å². The summed E-state index contributed by atoms with van der Waals surface area (Å²) in [6, 6.07) is 17.3. The van der Waals surface area contributed by atoms with Crippen LogP contribution in [0.15, 0.2) is 60.9 Å². The largest absolute Gasteiger partial charge is 0.389 e. The molecule has 0 radical (unpaired) electrons. The van der Waals surface area contributed by atoms with Gasteiger partial charge in [0, 0.05) is 68.1 Å². The van der Waals surface area contributed by atoms with Gasteiger partial charge in [0.05, 0.1) is 29.7 Å². The molecule has 1 fully saturated rings. The number of H-pyrrole nitrogens is 1. The minimum Gasteiger partial charge on any atom is -0.389 e. The van der Waals surface area contributed by atoms with Crippen LogP contribution in [0.1, 0.15) is 53.7 Å². The Hall–Kier alpha value is -3.34. The van der Waals surface area contributed by atoms with E-state index in [9.17, 15) is 5.11 Å². The number of aliphatic hydroxyl groups is 1. The summed E-state index contributed by atoms with van der Waals surface area (Å²) >= 11 is 0. The van der Waals surface area contributed by atoms with Crippen LogP contribution in [0.5, 0.6) is 0 Å². The van der Waals surface area contributed by atoms with Crippen LogP contribution in [0.3, 0.4) is 0 Å². The molecule has 2 heterocycles. The molecule has 0 bridgehead atoms. The van der Waals surface area contributed by atoms with E-state index in [0.717, 1.165) is 60.7 Å². The summed E-state index contributed by atoms with van der Waals surface area (Å²) in [5.41, 5.74) is 20.4. The van der Waals surface area contributed by atoms with Gasteiger partial charge in [0.2, 0.25) is 0 Å². The topological polar surface area (TPSA) is 125 Å². The van der Waals surface area contributed by atoms with Gasteiger partial charge in [-0.05, 0) is 44.1 Å². The Bertz CT molecular complexity index is 1380. The molecule has 1 saturated carbocycles. The van der Waals surface area contributed by atoms with Crippen molar-refractivity contribution in [2.45, 2.75) is 44.5 Å². The number of hydrogen-bond acceptors (Lipinski definition) is 7. The minimum atomic E-state index is -0.488. The second-order valence-electron chi connectivity index (χ2n) is 11.1. The molecule has 9 nitrogen and oxygen atoms in total. The van der Waals surface area contributed by atoms with Crippen LogP contribution in [0.4, 0.5) is 0 Å². The number of nitrogens with two attached hydrogens (primary N) is 2. The van der Waals surface area contributed by atoms with Crippen molar-refractivity contribution < 1.29 is 5.11 Å². The van der Waals surface area contributed by atoms with Gasteiger partial charge in [-0.2, -0.15) is 10.2 Å². The quantitative estimate of drug-likeness (QED) is 0.204. The molecule has 9 heteroatoms. The molecule has 5 rings (SSSR count). The predicted molar refractivity (Wildman–Crippen MR) is 159 cm³/mol. The van der Waals surface area contributed by atoms with Crippen LogP contribution in [-0.4, -0.2) is 75.2 Å². The highest BCUT2D eigenvalue weighted by atomic mass is 16.3. The number of hydrogen-bond donors (Lipinski definition) is 4. The van der Waals surface area contributed by atoms with Gasteiger partial charge in [-0.1, -0.05) is 48.5 Å². The van der Waals surface area contributed by atoms with Gasteiger partial charge in [-0.25, -0.2) is 0 Å². The maximum atomic E-state index is 9.93. The average Bonchev–Trinajstić information content (AvgIpc) is 3.43. The molecule has 6 N–H and O–H groups in total. The Morgan fingerprint density at radius 2 is 1.57 bits per heavy atom. The highest BCUT2D eigenvalue weighted by Gasteiger charge is 2.41. The molecule has 1 aliphatic carbocycles. The van der Waals surface area contributed by atoms with Crippen molar-refractivity contribution in [3.05, 3.63) is 83.2 Å². The van der Waals surface area contributed by atoms with Crippen molar-refractivity contribution in [2.24, 2.45) is 11.5 Å². The maximum absolute atomic E-state index is 9.93. The number of rotatable bonds is 13. The number of nitrogens with one attached hydrogen (secondary N) is 1. The van der Waals surface area contributed by atoms with Crippen molar-refractivity contribution in [2.75, 3.05) is 40.3 Å². The normalized spacial score (nSPS) is 17.6. The first-order chi connectivity index (χ1) is 19.4. The molecule has 0 spiro atoms. The standard InChI is InChI=1S/C31H42N8O/c1-21(40)22-4-8-25(9-5-22)31-27(19-38(3)15-13-33)20-39(36-31)29-16-28(29)23-6-10-24(11-7-23)30-26(17-34-35-30)18-37(2)14-12-32/h4-11,17,20-21,28-29,40H,12-16,18-19,32-33H2,1-3H3,(H,34,35). The first kappa shape index (κ1) is 28.2. The smallest absolute Gasteiger partial charge is 0.0968 e. The fourth-order valence-corrected chi connectivity index (χ4v) is 5.47. The third kappa shape index (κ3) is 6.35. The summed E-state index contributed by atoms with van der Waals surface area (Å²) in [7, 11) is 4.17. The van der Waals surface area contributed by atoms with Gasteiger partial charge in [0.1, 0.15) is 0 Å². The third-order valence-corrected chi connectivity index (χ3v) is 7.82. The van der Waals surface area contributed by atoms with Gasteiger partial charge >= 0.3 is 0 Å². The summed E-state index contributed by atoms with van der Waals surface area (Å²) in [4.78, 5) is 4.44. The highest BCUT2D eigenvalue weighted by molar-refractivity contribution is 5.64. The second kappa shape index (κ2) is 12.4. The number of nitrogens with zero attached hydrogens (tertiary/aromatic N) is 5. The maximum Gasteiger partial charge on any atom is 0.0968 e. The van der Waals surface area contributed by atoms with Crippen LogP contribution in [-0.2, 0) is 13.1 Å². The van der Waals surface area contributed by atoms with E-state index in [1.807, 2.05) is 18.3 Å². The number of likely N-dealkylation sites (N-methyl/N-ethyl adjacent to an activating group) is 2.